The Hall–Kier alpha value is -2.37. The summed E-state index contributed by atoms with van der Waals surface area (Å²) in [6, 6.07) is 7.49. The second kappa shape index (κ2) is 7.76. The molecule has 0 aliphatic carbocycles. The molecule has 0 bridgehead atoms. The molecular formula is C17H22N2O4. The molecule has 0 fully saturated rings. The molecule has 2 atom stereocenters. The van der Waals surface area contributed by atoms with E-state index in [9.17, 15) is 14.4 Å². The molecule has 2 unspecified atom stereocenters. The summed E-state index contributed by atoms with van der Waals surface area (Å²) in [5.41, 5.74) is 1.94. The summed E-state index contributed by atoms with van der Waals surface area (Å²) >= 11 is 0. The predicted octanol–water partition coefficient (Wildman–Crippen LogP) is 1.95. The number of carbonyl (C=O) groups is 3. The summed E-state index contributed by atoms with van der Waals surface area (Å²) in [5, 5.41) is 14.3. The minimum atomic E-state index is -0.872. The number of carboxylic acid groups (broad SMARTS) is 1. The minimum absolute atomic E-state index is 0.0310. The van der Waals surface area contributed by atoms with Crippen LogP contribution in [0.15, 0.2) is 24.3 Å². The van der Waals surface area contributed by atoms with Gasteiger partial charge in [0.25, 0.3) is 0 Å². The topological polar surface area (TPSA) is 95.5 Å². The first-order valence-electron chi connectivity index (χ1n) is 7.85. The summed E-state index contributed by atoms with van der Waals surface area (Å²) < 4.78 is 0. The van der Waals surface area contributed by atoms with Gasteiger partial charge >= 0.3 is 5.97 Å². The van der Waals surface area contributed by atoms with Gasteiger partial charge in [0.1, 0.15) is 0 Å². The lowest BCUT2D eigenvalue weighted by Gasteiger charge is -2.24. The van der Waals surface area contributed by atoms with Gasteiger partial charge in [-0.25, -0.2) is 0 Å². The van der Waals surface area contributed by atoms with E-state index in [1.165, 1.54) is 0 Å². The zero-order chi connectivity index (χ0) is 16.8. The van der Waals surface area contributed by atoms with Gasteiger partial charge in [0, 0.05) is 30.5 Å². The highest BCUT2D eigenvalue weighted by Crippen LogP contribution is 2.27. The van der Waals surface area contributed by atoms with Gasteiger partial charge in [-0.2, -0.15) is 0 Å². The molecule has 0 saturated carbocycles. The van der Waals surface area contributed by atoms with Crippen LogP contribution in [0.1, 0.15) is 38.2 Å². The molecule has 3 N–H and O–H groups in total. The molecule has 0 radical (unpaired) electrons. The number of amides is 2. The van der Waals surface area contributed by atoms with Crippen LogP contribution in [0, 0.1) is 5.92 Å². The summed E-state index contributed by atoms with van der Waals surface area (Å²) in [4.78, 5) is 34.5. The zero-order valence-corrected chi connectivity index (χ0v) is 13.2. The van der Waals surface area contributed by atoms with Crippen molar-refractivity contribution < 1.29 is 19.5 Å². The zero-order valence-electron chi connectivity index (χ0n) is 13.2. The third kappa shape index (κ3) is 5.09. The second-order valence-electron chi connectivity index (χ2n) is 5.99. The lowest BCUT2D eigenvalue weighted by atomic mass is 9.89. The number of aliphatic carboxylic acids is 1. The number of benzene rings is 1. The van der Waals surface area contributed by atoms with Gasteiger partial charge < -0.3 is 15.7 Å². The average Bonchev–Trinajstić information content (AvgIpc) is 2.51. The average molecular weight is 318 g/mol. The monoisotopic (exact) mass is 318 g/mol. The summed E-state index contributed by atoms with van der Waals surface area (Å²) in [6.45, 7) is 1.78. The second-order valence-corrected chi connectivity index (χ2v) is 5.99. The molecule has 1 heterocycles. The van der Waals surface area contributed by atoms with Crippen molar-refractivity contribution in [2.24, 2.45) is 5.92 Å². The van der Waals surface area contributed by atoms with Gasteiger partial charge in [-0.15, -0.1) is 0 Å². The van der Waals surface area contributed by atoms with Crippen LogP contribution >= 0.6 is 0 Å². The van der Waals surface area contributed by atoms with Gasteiger partial charge in [-0.1, -0.05) is 18.2 Å². The van der Waals surface area contributed by atoms with Gasteiger partial charge in [-0.3, -0.25) is 14.4 Å². The van der Waals surface area contributed by atoms with Crippen LogP contribution in [0.5, 0.6) is 0 Å². The van der Waals surface area contributed by atoms with Crippen molar-refractivity contribution >= 4 is 23.5 Å². The van der Waals surface area contributed by atoms with Crippen molar-refractivity contribution in [3.63, 3.8) is 0 Å². The van der Waals surface area contributed by atoms with Crippen LogP contribution in [0.25, 0.3) is 0 Å². The number of para-hydroxylation sites is 1. The Bertz CT molecular complexity index is 600. The molecule has 1 aliphatic heterocycles. The van der Waals surface area contributed by atoms with E-state index in [-0.39, 0.29) is 36.6 Å². The van der Waals surface area contributed by atoms with Crippen molar-refractivity contribution in [2.45, 2.75) is 45.1 Å². The maximum Gasteiger partial charge on any atom is 0.303 e. The van der Waals surface area contributed by atoms with E-state index < -0.39 is 5.97 Å². The van der Waals surface area contributed by atoms with Crippen LogP contribution in [-0.4, -0.2) is 28.9 Å². The van der Waals surface area contributed by atoms with E-state index in [1.54, 1.807) is 6.92 Å². The smallest absolute Gasteiger partial charge is 0.303 e. The lowest BCUT2D eigenvalue weighted by Crippen LogP contribution is -2.35. The summed E-state index contributed by atoms with van der Waals surface area (Å²) in [7, 11) is 0. The normalized spacial score (nSPS) is 17.8. The Morgan fingerprint density at radius 3 is 2.83 bits per heavy atom. The van der Waals surface area contributed by atoms with Crippen molar-refractivity contribution in [3.05, 3.63) is 29.8 Å². The highest BCUT2D eigenvalue weighted by molar-refractivity contribution is 5.96. The third-order valence-corrected chi connectivity index (χ3v) is 4.03. The number of hydrogen-bond donors (Lipinski definition) is 3. The first-order chi connectivity index (χ1) is 11.0. The molecule has 2 amide bonds. The van der Waals surface area contributed by atoms with Crippen molar-refractivity contribution in [1.29, 1.82) is 0 Å². The number of fused-ring (bicyclic) bond motifs is 1. The van der Waals surface area contributed by atoms with Crippen molar-refractivity contribution in [1.82, 2.24) is 5.32 Å². The number of anilines is 1. The number of carbonyl (C=O) groups excluding carboxylic acids is 2. The molecule has 23 heavy (non-hydrogen) atoms. The SMILES string of the molecule is CC(CCC(=O)O)NC(=O)CCC1Cc2ccccc2NC1=O. The highest BCUT2D eigenvalue weighted by Gasteiger charge is 2.26. The third-order valence-electron chi connectivity index (χ3n) is 4.03. The molecule has 0 aromatic heterocycles. The van der Waals surface area contributed by atoms with Crippen LogP contribution in [-0.2, 0) is 20.8 Å². The van der Waals surface area contributed by atoms with Crippen LogP contribution in [0.4, 0.5) is 5.69 Å². The maximum atomic E-state index is 12.1. The first kappa shape index (κ1) is 17.0. The standard InChI is InChI=1S/C17H22N2O4/c1-11(6-9-16(21)22)18-15(20)8-7-13-10-12-4-2-3-5-14(12)19-17(13)23/h2-5,11,13H,6-10H2,1H3,(H,18,20)(H,19,23)(H,21,22). The van der Waals surface area contributed by atoms with Gasteiger partial charge in [0.05, 0.1) is 0 Å². The van der Waals surface area contributed by atoms with E-state index in [0.29, 0.717) is 19.3 Å². The van der Waals surface area contributed by atoms with E-state index in [1.807, 2.05) is 24.3 Å². The van der Waals surface area contributed by atoms with Gasteiger partial charge in [0.2, 0.25) is 11.8 Å². The molecule has 6 heteroatoms. The molecule has 0 spiro atoms. The van der Waals surface area contributed by atoms with Crippen molar-refractivity contribution in [2.75, 3.05) is 5.32 Å². The van der Waals surface area contributed by atoms with Gasteiger partial charge in [0.15, 0.2) is 0 Å². The quantitative estimate of drug-likeness (QED) is 0.716. The van der Waals surface area contributed by atoms with E-state index >= 15 is 0 Å². The Morgan fingerprint density at radius 1 is 1.35 bits per heavy atom. The minimum Gasteiger partial charge on any atom is -0.481 e. The summed E-state index contributed by atoms with van der Waals surface area (Å²) in [6.07, 6.45) is 1.82. The van der Waals surface area contributed by atoms with Crippen molar-refractivity contribution in [3.8, 4) is 0 Å². The van der Waals surface area contributed by atoms with E-state index in [4.69, 9.17) is 5.11 Å². The lowest BCUT2D eigenvalue weighted by molar-refractivity contribution is -0.137. The Kier molecular flexibility index (Phi) is 5.73. The molecule has 1 aromatic rings. The molecular weight excluding hydrogens is 296 g/mol. The highest BCUT2D eigenvalue weighted by atomic mass is 16.4. The fraction of sp³-hybridized carbons (Fsp3) is 0.471. The number of carboxylic acids is 1. The van der Waals surface area contributed by atoms with Gasteiger partial charge in [-0.05, 0) is 37.8 Å². The number of nitrogens with one attached hydrogen (secondary N) is 2. The van der Waals surface area contributed by atoms with Crippen LogP contribution in [0.3, 0.4) is 0 Å². The predicted molar refractivity (Wildman–Crippen MR) is 86.0 cm³/mol. The molecule has 124 valence electrons. The molecule has 1 aromatic carbocycles. The van der Waals surface area contributed by atoms with Crippen LogP contribution < -0.4 is 10.6 Å². The Labute approximate surface area is 135 Å². The Balaban J connectivity index is 1.78. The molecule has 1 aliphatic rings. The van der Waals surface area contributed by atoms with E-state index in [2.05, 4.69) is 10.6 Å². The molecule has 6 nitrogen and oxygen atoms in total. The van der Waals surface area contributed by atoms with E-state index in [0.717, 1.165) is 11.3 Å². The summed E-state index contributed by atoms with van der Waals surface area (Å²) in [5.74, 6) is -1.27. The maximum absolute atomic E-state index is 12.1. The fourth-order valence-electron chi connectivity index (χ4n) is 2.71. The Morgan fingerprint density at radius 2 is 2.09 bits per heavy atom. The number of rotatable bonds is 7. The fourth-order valence-corrected chi connectivity index (χ4v) is 2.71. The number of hydrogen-bond acceptors (Lipinski definition) is 3. The largest absolute Gasteiger partial charge is 0.481 e. The first-order valence-corrected chi connectivity index (χ1v) is 7.85. The van der Waals surface area contributed by atoms with Crippen LogP contribution in [0.2, 0.25) is 0 Å². The molecule has 0 saturated heterocycles. The molecule has 2 rings (SSSR count).